The van der Waals surface area contributed by atoms with E-state index in [-0.39, 0.29) is 25.0 Å². The number of nitrogens with one attached hydrogen (secondary N) is 1. The third kappa shape index (κ3) is 3.61. The van der Waals surface area contributed by atoms with Crippen LogP contribution in [0.1, 0.15) is 42.4 Å². The first-order valence-electron chi connectivity index (χ1n) is 8.46. The number of aryl methyl sites for hydroxylation is 2. The van der Waals surface area contributed by atoms with Crippen molar-refractivity contribution < 1.29 is 18.7 Å². The van der Waals surface area contributed by atoms with Gasteiger partial charge in [0.2, 0.25) is 0 Å². The van der Waals surface area contributed by atoms with E-state index in [0.29, 0.717) is 0 Å². The van der Waals surface area contributed by atoms with Crippen LogP contribution in [0.2, 0.25) is 0 Å². The third-order valence-corrected chi connectivity index (χ3v) is 4.76. The molecule has 0 radical (unpaired) electrons. The molecule has 0 aliphatic heterocycles. The van der Waals surface area contributed by atoms with Crippen LogP contribution in [0.5, 0.6) is 0 Å². The van der Waals surface area contributed by atoms with E-state index in [1.807, 2.05) is 26.0 Å². The summed E-state index contributed by atoms with van der Waals surface area (Å²) >= 11 is 0. The first-order chi connectivity index (χ1) is 11.5. The average Bonchev–Trinajstić information content (AvgIpc) is 3.19. The Morgan fingerprint density at radius 2 is 2.00 bits per heavy atom. The third-order valence-electron chi connectivity index (χ3n) is 4.76. The van der Waals surface area contributed by atoms with E-state index in [4.69, 9.17) is 9.15 Å². The molecule has 1 aromatic heterocycles. The second-order valence-corrected chi connectivity index (χ2v) is 6.53. The van der Waals surface area contributed by atoms with Crippen LogP contribution in [0.25, 0.3) is 11.0 Å². The molecule has 24 heavy (non-hydrogen) atoms. The van der Waals surface area contributed by atoms with Gasteiger partial charge in [-0.25, -0.2) is 0 Å². The van der Waals surface area contributed by atoms with Gasteiger partial charge in [0, 0.05) is 17.0 Å². The molecule has 1 amide bonds. The summed E-state index contributed by atoms with van der Waals surface area (Å²) in [6.45, 7) is 3.80. The van der Waals surface area contributed by atoms with Gasteiger partial charge in [-0.15, -0.1) is 0 Å². The molecular formula is C19H23NO4. The summed E-state index contributed by atoms with van der Waals surface area (Å²) in [5.41, 5.74) is 3.81. The lowest BCUT2D eigenvalue weighted by Crippen LogP contribution is -2.36. The van der Waals surface area contributed by atoms with Crippen molar-refractivity contribution in [3.05, 3.63) is 35.1 Å². The summed E-state index contributed by atoms with van der Waals surface area (Å²) in [4.78, 5) is 23.8. The average molecular weight is 329 g/mol. The summed E-state index contributed by atoms with van der Waals surface area (Å²) in [5, 5.41) is 3.82. The molecule has 1 N–H and O–H groups in total. The van der Waals surface area contributed by atoms with E-state index in [0.717, 1.165) is 53.3 Å². The highest BCUT2D eigenvalue weighted by Gasteiger charge is 2.18. The van der Waals surface area contributed by atoms with E-state index < -0.39 is 5.97 Å². The maximum atomic E-state index is 12.0. The molecule has 1 aliphatic carbocycles. The molecular weight excluding hydrogens is 306 g/mol. The lowest BCUT2D eigenvalue weighted by atomic mass is 10.0. The molecule has 0 atom stereocenters. The Kier molecular flexibility index (Phi) is 4.88. The lowest BCUT2D eigenvalue weighted by molar-refractivity contribution is -0.148. The highest BCUT2D eigenvalue weighted by atomic mass is 16.5. The van der Waals surface area contributed by atoms with E-state index in [2.05, 4.69) is 5.32 Å². The van der Waals surface area contributed by atoms with Crippen molar-refractivity contribution in [2.24, 2.45) is 0 Å². The number of hydrogen-bond acceptors (Lipinski definition) is 4. The highest BCUT2D eigenvalue weighted by molar-refractivity contribution is 5.89. The number of rotatable bonds is 5. The predicted molar refractivity (Wildman–Crippen MR) is 90.7 cm³/mol. The number of hydrogen-bond donors (Lipinski definition) is 1. The van der Waals surface area contributed by atoms with Gasteiger partial charge in [-0.1, -0.05) is 25.0 Å². The Hall–Kier alpha value is -2.30. The molecule has 0 saturated heterocycles. The van der Waals surface area contributed by atoms with Crippen LogP contribution in [-0.4, -0.2) is 24.5 Å². The Morgan fingerprint density at radius 1 is 1.25 bits per heavy atom. The van der Waals surface area contributed by atoms with E-state index in [1.54, 1.807) is 6.26 Å². The lowest BCUT2D eigenvalue weighted by Gasteiger charge is -2.11. The van der Waals surface area contributed by atoms with Gasteiger partial charge in [0.05, 0.1) is 12.7 Å². The Bertz CT molecular complexity index is 756. The van der Waals surface area contributed by atoms with Gasteiger partial charge >= 0.3 is 5.97 Å². The maximum Gasteiger partial charge on any atom is 0.310 e. The van der Waals surface area contributed by atoms with Gasteiger partial charge in [0.25, 0.3) is 5.91 Å². The number of amides is 1. The molecule has 1 fully saturated rings. The normalized spacial score (nSPS) is 14.9. The number of fused-ring (bicyclic) bond motifs is 1. The minimum absolute atomic E-state index is 0.103. The molecule has 0 spiro atoms. The van der Waals surface area contributed by atoms with Crippen molar-refractivity contribution in [2.45, 2.75) is 52.0 Å². The van der Waals surface area contributed by atoms with Crippen LogP contribution in [0.3, 0.4) is 0 Å². The van der Waals surface area contributed by atoms with Crippen LogP contribution < -0.4 is 5.32 Å². The number of carbonyl (C=O) groups excluding carboxylic acids is 2. The van der Waals surface area contributed by atoms with Crippen molar-refractivity contribution in [1.29, 1.82) is 0 Å². The minimum Gasteiger partial charge on any atom is -0.464 e. The smallest absolute Gasteiger partial charge is 0.310 e. The monoisotopic (exact) mass is 329 g/mol. The summed E-state index contributed by atoms with van der Waals surface area (Å²) in [6.07, 6.45) is 6.02. The van der Waals surface area contributed by atoms with E-state index in [9.17, 15) is 9.59 Å². The second-order valence-electron chi connectivity index (χ2n) is 6.53. The zero-order valence-corrected chi connectivity index (χ0v) is 14.2. The molecule has 1 saturated carbocycles. The molecule has 2 aromatic rings. The van der Waals surface area contributed by atoms with Gasteiger partial charge in [-0.05, 0) is 37.8 Å². The van der Waals surface area contributed by atoms with Crippen molar-refractivity contribution in [3.8, 4) is 0 Å². The van der Waals surface area contributed by atoms with Gasteiger partial charge in [0.15, 0.2) is 6.61 Å². The summed E-state index contributed by atoms with van der Waals surface area (Å²) in [6, 6.07) is 4.20. The summed E-state index contributed by atoms with van der Waals surface area (Å²) < 4.78 is 10.7. The van der Waals surface area contributed by atoms with Gasteiger partial charge in [0.1, 0.15) is 5.58 Å². The SMILES string of the molecule is Cc1ccc2c(CC(=O)OCC(=O)NC3CCCC3)coc2c1C. The number of benzene rings is 1. The number of ether oxygens (including phenoxy) is 1. The fraction of sp³-hybridized carbons (Fsp3) is 0.474. The maximum absolute atomic E-state index is 12.0. The number of furan rings is 1. The van der Waals surface area contributed by atoms with Gasteiger partial charge in [-0.3, -0.25) is 9.59 Å². The molecule has 5 nitrogen and oxygen atoms in total. The highest BCUT2D eigenvalue weighted by Crippen LogP contribution is 2.26. The summed E-state index contributed by atoms with van der Waals surface area (Å²) in [5.74, 6) is -0.642. The first kappa shape index (κ1) is 16.6. The molecule has 0 unspecified atom stereocenters. The van der Waals surface area contributed by atoms with Crippen LogP contribution in [0, 0.1) is 13.8 Å². The van der Waals surface area contributed by atoms with Crippen molar-refractivity contribution >= 4 is 22.8 Å². The van der Waals surface area contributed by atoms with Gasteiger partial charge in [-0.2, -0.15) is 0 Å². The Balaban J connectivity index is 1.55. The van der Waals surface area contributed by atoms with Crippen LogP contribution in [-0.2, 0) is 20.7 Å². The summed E-state index contributed by atoms with van der Waals surface area (Å²) in [7, 11) is 0. The quantitative estimate of drug-likeness (QED) is 0.855. The van der Waals surface area contributed by atoms with Crippen LogP contribution >= 0.6 is 0 Å². The number of esters is 1. The molecule has 3 rings (SSSR count). The van der Waals surface area contributed by atoms with Crippen molar-refractivity contribution in [3.63, 3.8) is 0 Å². The Labute approximate surface area is 141 Å². The van der Waals surface area contributed by atoms with Gasteiger partial charge < -0.3 is 14.5 Å². The van der Waals surface area contributed by atoms with Crippen molar-refractivity contribution in [1.82, 2.24) is 5.32 Å². The molecule has 5 heteroatoms. The fourth-order valence-electron chi connectivity index (χ4n) is 3.22. The molecule has 1 heterocycles. The fourth-order valence-corrected chi connectivity index (χ4v) is 3.22. The topological polar surface area (TPSA) is 68.5 Å². The molecule has 1 aromatic carbocycles. The molecule has 0 bridgehead atoms. The predicted octanol–water partition coefficient (Wildman–Crippen LogP) is 3.19. The van der Waals surface area contributed by atoms with E-state index in [1.165, 1.54) is 0 Å². The molecule has 128 valence electrons. The first-order valence-corrected chi connectivity index (χ1v) is 8.46. The standard InChI is InChI=1S/C19H23NO4/c1-12-7-8-16-14(10-24-19(16)13(12)2)9-18(22)23-11-17(21)20-15-5-3-4-6-15/h7-8,10,15H,3-6,9,11H2,1-2H3,(H,20,21). The van der Waals surface area contributed by atoms with Crippen molar-refractivity contribution in [2.75, 3.05) is 6.61 Å². The van der Waals surface area contributed by atoms with E-state index >= 15 is 0 Å². The van der Waals surface area contributed by atoms with Crippen LogP contribution in [0.4, 0.5) is 0 Å². The second kappa shape index (κ2) is 7.07. The largest absolute Gasteiger partial charge is 0.464 e. The zero-order chi connectivity index (χ0) is 17.1. The minimum atomic E-state index is -0.419. The zero-order valence-electron chi connectivity index (χ0n) is 14.2. The number of carbonyl (C=O) groups is 2. The van der Waals surface area contributed by atoms with Crippen LogP contribution in [0.15, 0.2) is 22.8 Å². The molecule has 1 aliphatic rings. The Morgan fingerprint density at radius 3 is 2.75 bits per heavy atom.